The Morgan fingerprint density at radius 3 is 2.58 bits per heavy atom. The largest absolute Gasteiger partial charge is 0.486 e. The molecule has 8 heteroatoms. The summed E-state index contributed by atoms with van der Waals surface area (Å²) >= 11 is 0. The summed E-state index contributed by atoms with van der Waals surface area (Å²) in [5.74, 6) is 0.980. The van der Waals surface area contributed by atoms with Gasteiger partial charge in [0.05, 0.1) is 22.8 Å². The van der Waals surface area contributed by atoms with Crippen LogP contribution in [0.15, 0.2) is 42.5 Å². The number of carbonyl (C=O) groups is 1. The number of carbonyl (C=O) groups excluding carboxylic acids is 1. The van der Waals surface area contributed by atoms with Crippen molar-refractivity contribution in [1.82, 2.24) is 14.5 Å². The number of esters is 1. The molecule has 158 valence electrons. The lowest BCUT2D eigenvalue weighted by Crippen LogP contribution is -2.16. The Kier molecular flexibility index (Phi) is 4.62. The second-order valence-electron chi connectivity index (χ2n) is 7.43. The predicted octanol–water partition coefficient (Wildman–Crippen LogP) is 3.88. The molecule has 8 nitrogen and oxygen atoms in total. The lowest BCUT2D eigenvalue weighted by atomic mass is 10.2. The average Bonchev–Trinajstić information content (AvgIpc) is 3.07. The highest BCUT2D eigenvalue weighted by molar-refractivity contribution is 6.09. The van der Waals surface area contributed by atoms with E-state index in [2.05, 4.69) is 0 Å². The Bertz CT molecular complexity index is 1310. The van der Waals surface area contributed by atoms with Gasteiger partial charge in [-0.05, 0) is 37.6 Å². The fourth-order valence-electron chi connectivity index (χ4n) is 3.62. The Hall–Kier alpha value is -3.81. The molecule has 1 unspecified atom stereocenters. The van der Waals surface area contributed by atoms with E-state index in [9.17, 15) is 4.79 Å². The molecule has 31 heavy (non-hydrogen) atoms. The second kappa shape index (κ2) is 7.46. The van der Waals surface area contributed by atoms with Crippen molar-refractivity contribution in [3.8, 4) is 17.2 Å². The summed E-state index contributed by atoms with van der Waals surface area (Å²) < 4.78 is 18.6. The maximum Gasteiger partial charge on any atom is 0.344 e. The molecule has 0 aliphatic carbocycles. The Labute approximate surface area is 178 Å². The van der Waals surface area contributed by atoms with Gasteiger partial charge in [0.15, 0.2) is 17.1 Å². The lowest BCUT2D eigenvalue weighted by Gasteiger charge is -2.19. The van der Waals surface area contributed by atoms with Gasteiger partial charge in [0.2, 0.25) is 0 Å². The van der Waals surface area contributed by atoms with Crippen LogP contribution >= 0.6 is 0 Å². The molecule has 0 saturated carbocycles. The maximum atomic E-state index is 13.0. The van der Waals surface area contributed by atoms with E-state index in [-0.39, 0.29) is 17.5 Å². The number of hydrogen-bond acceptors (Lipinski definition) is 7. The van der Waals surface area contributed by atoms with Crippen molar-refractivity contribution in [3.63, 3.8) is 0 Å². The van der Waals surface area contributed by atoms with Crippen molar-refractivity contribution in [3.05, 3.63) is 48.0 Å². The molecule has 0 spiro atoms. The summed E-state index contributed by atoms with van der Waals surface area (Å²) in [4.78, 5) is 22.5. The third kappa shape index (κ3) is 3.20. The Morgan fingerprint density at radius 2 is 1.84 bits per heavy atom. The first-order chi connectivity index (χ1) is 15.1. The zero-order valence-electron chi connectivity index (χ0n) is 17.3. The SMILES string of the molecule is CCC(C)OC(=O)c1c(N)n(-c2ccc3c(c2)OCCO3)c2nc3ccccc3nc12. The highest BCUT2D eigenvalue weighted by atomic mass is 16.6. The zero-order valence-corrected chi connectivity index (χ0v) is 17.3. The predicted molar refractivity (Wildman–Crippen MR) is 117 cm³/mol. The molecule has 1 aliphatic heterocycles. The van der Waals surface area contributed by atoms with E-state index >= 15 is 0 Å². The fourth-order valence-corrected chi connectivity index (χ4v) is 3.62. The standard InChI is InChI=1S/C23H22N4O4/c1-3-13(2)31-23(28)19-20-22(26-16-7-5-4-6-15(16)25-20)27(21(19)24)14-8-9-17-18(12-14)30-11-10-29-17/h4-9,12-13H,3,10-11,24H2,1-2H3. The number of para-hydroxylation sites is 2. The average molecular weight is 418 g/mol. The van der Waals surface area contributed by atoms with Gasteiger partial charge in [0, 0.05) is 6.07 Å². The van der Waals surface area contributed by atoms with Gasteiger partial charge in [-0.1, -0.05) is 19.1 Å². The van der Waals surface area contributed by atoms with Crippen molar-refractivity contribution in [2.45, 2.75) is 26.4 Å². The van der Waals surface area contributed by atoms with Crippen molar-refractivity contribution >= 4 is 34.0 Å². The van der Waals surface area contributed by atoms with E-state index in [1.54, 1.807) is 4.57 Å². The zero-order chi connectivity index (χ0) is 21.5. The summed E-state index contributed by atoms with van der Waals surface area (Å²) in [5.41, 5.74) is 9.67. The van der Waals surface area contributed by atoms with E-state index < -0.39 is 5.97 Å². The molecule has 0 amide bonds. The van der Waals surface area contributed by atoms with Gasteiger partial charge in [0.25, 0.3) is 0 Å². The van der Waals surface area contributed by atoms with Gasteiger partial charge in [-0.3, -0.25) is 4.57 Å². The van der Waals surface area contributed by atoms with Crippen LogP contribution in [0.5, 0.6) is 11.5 Å². The molecule has 1 atom stereocenters. The van der Waals surface area contributed by atoms with Crippen LogP contribution in [0.4, 0.5) is 5.82 Å². The molecule has 1 aliphatic rings. The Morgan fingerprint density at radius 1 is 1.13 bits per heavy atom. The third-order valence-electron chi connectivity index (χ3n) is 5.37. The van der Waals surface area contributed by atoms with Crippen LogP contribution in [-0.4, -0.2) is 39.8 Å². The van der Waals surface area contributed by atoms with Gasteiger partial charge in [-0.15, -0.1) is 0 Å². The van der Waals surface area contributed by atoms with E-state index in [0.29, 0.717) is 59.0 Å². The number of anilines is 1. The van der Waals surface area contributed by atoms with E-state index in [4.69, 9.17) is 29.9 Å². The molecule has 4 aromatic rings. The number of fused-ring (bicyclic) bond motifs is 3. The van der Waals surface area contributed by atoms with Gasteiger partial charge in [0.1, 0.15) is 30.1 Å². The smallest absolute Gasteiger partial charge is 0.344 e. The number of benzene rings is 2. The molecule has 2 N–H and O–H groups in total. The van der Waals surface area contributed by atoms with Crippen LogP contribution in [0.25, 0.3) is 27.9 Å². The molecule has 0 fully saturated rings. The third-order valence-corrected chi connectivity index (χ3v) is 5.37. The van der Waals surface area contributed by atoms with Crippen LogP contribution < -0.4 is 15.2 Å². The van der Waals surface area contributed by atoms with Crippen molar-refractivity contribution in [2.75, 3.05) is 18.9 Å². The lowest BCUT2D eigenvalue weighted by molar-refractivity contribution is 0.0338. The number of nitrogens with zero attached hydrogens (tertiary/aromatic N) is 3. The summed E-state index contributed by atoms with van der Waals surface area (Å²) in [6.45, 7) is 4.77. The first-order valence-corrected chi connectivity index (χ1v) is 10.2. The normalized spacial score (nSPS) is 14.0. The molecule has 0 bridgehead atoms. The van der Waals surface area contributed by atoms with Crippen LogP contribution in [0, 0.1) is 0 Å². The molecular weight excluding hydrogens is 396 g/mol. The number of aromatic nitrogens is 3. The molecule has 2 aromatic heterocycles. The van der Waals surface area contributed by atoms with Gasteiger partial charge < -0.3 is 19.9 Å². The highest BCUT2D eigenvalue weighted by Crippen LogP contribution is 2.36. The monoisotopic (exact) mass is 418 g/mol. The summed E-state index contributed by atoms with van der Waals surface area (Å²) in [6, 6.07) is 13.0. The van der Waals surface area contributed by atoms with Crippen molar-refractivity contribution < 1.29 is 19.0 Å². The quantitative estimate of drug-likeness (QED) is 0.502. The van der Waals surface area contributed by atoms with E-state index in [0.717, 1.165) is 0 Å². The van der Waals surface area contributed by atoms with Crippen LogP contribution in [0.3, 0.4) is 0 Å². The maximum absolute atomic E-state index is 13.0. The minimum atomic E-state index is -0.516. The highest BCUT2D eigenvalue weighted by Gasteiger charge is 2.27. The minimum Gasteiger partial charge on any atom is -0.486 e. The van der Waals surface area contributed by atoms with E-state index in [1.165, 1.54) is 0 Å². The molecule has 5 rings (SSSR count). The van der Waals surface area contributed by atoms with Crippen molar-refractivity contribution in [1.29, 1.82) is 0 Å². The fraction of sp³-hybridized carbons (Fsp3) is 0.261. The minimum absolute atomic E-state index is 0.212. The van der Waals surface area contributed by atoms with Gasteiger partial charge in [-0.25, -0.2) is 14.8 Å². The first kappa shape index (κ1) is 19.2. The molecule has 2 aromatic carbocycles. The number of nitrogens with two attached hydrogens (primary N) is 1. The molecule has 0 saturated heterocycles. The van der Waals surface area contributed by atoms with Crippen LogP contribution in [0.2, 0.25) is 0 Å². The topological polar surface area (TPSA) is 101 Å². The summed E-state index contributed by atoms with van der Waals surface area (Å²) in [7, 11) is 0. The summed E-state index contributed by atoms with van der Waals surface area (Å²) in [5, 5.41) is 0. The first-order valence-electron chi connectivity index (χ1n) is 10.2. The van der Waals surface area contributed by atoms with Crippen LogP contribution in [-0.2, 0) is 4.74 Å². The molecule has 0 radical (unpaired) electrons. The van der Waals surface area contributed by atoms with Crippen LogP contribution in [0.1, 0.15) is 30.6 Å². The number of rotatable bonds is 4. The summed E-state index contributed by atoms with van der Waals surface area (Å²) in [6.07, 6.45) is 0.453. The second-order valence-corrected chi connectivity index (χ2v) is 7.43. The number of nitrogen functional groups attached to an aromatic ring is 1. The van der Waals surface area contributed by atoms with Gasteiger partial charge >= 0.3 is 5.97 Å². The van der Waals surface area contributed by atoms with Gasteiger partial charge in [-0.2, -0.15) is 0 Å². The van der Waals surface area contributed by atoms with Crippen molar-refractivity contribution in [2.24, 2.45) is 0 Å². The Balaban J connectivity index is 1.76. The van der Waals surface area contributed by atoms with E-state index in [1.807, 2.05) is 56.3 Å². The molecular formula is C23H22N4O4. The number of hydrogen-bond donors (Lipinski definition) is 1. The number of ether oxygens (including phenoxy) is 3. The molecule has 3 heterocycles.